The fraction of sp³-hybridized carbons (Fsp3) is 0.478. The molecule has 5 nitrogen and oxygen atoms in total. The van der Waals surface area contributed by atoms with E-state index in [1.54, 1.807) is 7.11 Å². The Morgan fingerprint density at radius 1 is 1.21 bits per heavy atom. The Labute approximate surface area is 166 Å². The molecule has 28 heavy (non-hydrogen) atoms. The minimum Gasteiger partial charge on any atom is -0.493 e. The highest BCUT2D eigenvalue weighted by Crippen LogP contribution is 2.45. The fourth-order valence-electron chi connectivity index (χ4n) is 4.30. The van der Waals surface area contributed by atoms with Gasteiger partial charge in [-0.25, -0.2) is 0 Å². The van der Waals surface area contributed by atoms with Gasteiger partial charge in [-0.2, -0.15) is 0 Å². The lowest BCUT2D eigenvalue weighted by Crippen LogP contribution is -2.32. The second-order valence-electron chi connectivity index (χ2n) is 7.79. The van der Waals surface area contributed by atoms with E-state index < -0.39 is 5.79 Å². The maximum atomic E-state index is 6.10. The predicted molar refractivity (Wildman–Crippen MR) is 110 cm³/mol. The van der Waals surface area contributed by atoms with Crippen molar-refractivity contribution >= 4 is 6.08 Å². The Bertz CT molecular complexity index is 941. The Hall–Kier alpha value is -2.40. The molecule has 0 spiro atoms. The summed E-state index contributed by atoms with van der Waals surface area (Å²) in [6, 6.07) is 6.43. The number of hydrogen-bond acceptors (Lipinski definition) is 4. The third-order valence-corrected chi connectivity index (χ3v) is 5.38. The second kappa shape index (κ2) is 6.89. The standard InChI is InChI=1S/C23H29NO4/c1-7-26-23(5)18-13-19-17-12-22(27-14(2)3)21(25-6)11-16(17)8-9-24(19)20(18)10-15(4)28-23/h10-14H,7-9H2,1-6H3. The van der Waals surface area contributed by atoms with Crippen LogP contribution in [0.1, 0.15) is 51.4 Å². The van der Waals surface area contributed by atoms with Crippen LogP contribution in [0.2, 0.25) is 0 Å². The normalized spacial score (nSPS) is 20.0. The summed E-state index contributed by atoms with van der Waals surface area (Å²) < 4.78 is 26.1. The van der Waals surface area contributed by atoms with Crippen LogP contribution in [-0.4, -0.2) is 24.4 Å². The lowest BCUT2D eigenvalue weighted by Gasteiger charge is -2.34. The number of rotatable bonds is 5. The minimum absolute atomic E-state index is 0.0794. The fourth-order valence-corrected chi connectivity index (χ4v) is 4.30. The van der Waals surface area contributed by atoms with Gasteiger partial charge in [-0.15, -0.1) is 0 Å². The third-order valence-electron chi connectivity index (χ3n) is 5.38. The number of fused-ring (bicyclic) bond motifs is 5. The first-order chi connectivity index (χ1) is 13.4. The first-order valence-electron chi connectivity index (χ1n) is 9.99. The third kappa shape index (κ3) is 2.98. The highest BCUT2D eigenvalue weighted by Gasteiger charge is 2.39. The van der Waals surface area contributed by atoms with Crippen molar-refractivity contribution < 1.29 is 18.9 Å². The van der Waals surface area contributed by atoms with Gasteiger partial charge in [0.05, 0.1) is 24.7 Å². The number of aryl methyl sites for hydroxylation is 1. The van der Waals surface area contributed by atoms with Crippen LogP contribution in [-0.2, 0) is 28.2 Å². The number of allylic oxidation sites excluding steroid dienone is 1. The van der Waals surface area contributed by atoms with Crippen molar-refractivity contribution in [3.05, 3.63) is 40.8 Å². The van der Waals surface area contributed by atoms with Crippen molar-refractivity contribution in [3.8, 4) is 22.8 Å². The van der Waals surface area contributed by atoms with Crippen LogP contribution in [0.25, 0.3) is 17.3 Å². The van der Waals surface area contributed by atoms with Gasteiger partial charge in [0.25, 0.3) is 0 Å². The largest absolute Gasteiger partial charge is 0.493 e. The molecular weight excluding hydrogens is 354 g/mol. The molecule has 1 aromatic carbocycles. The van der Waals surface area contributed by atoms with E-state index in [1.807, 2.05) is 34.6 Å². The van der Waals surface area contributed by atoms with Gasteiger partial charge in [0.15, 0.2) is 11.5 Å². The molecule has 0 radical (unpaired) electrons. The maximum absolute atomic E-state index is 6.10. The zero-order valence-corrected chi connectivity index (χ0v) is 17.6. The molecule has 0 fully saturated rings. The van der Waals surface area contributed by atoms with Crippen molar-refractivity contribution in [2.24, 2.45) is 0 Å². The Morgan fingerprint density at radius 2 is 2.00 bits per heavy atom. The molecule has 2 aromatic rings. The number of hydrogen-bond donors (Lipinski definition) is 0. The van der Waals surface area contributed by atoms with Gasteiger partial charge in [0.2, 0.25) is 5.79 Å². The monoisotopic (exact) mass is 383 g/mol. The summed E-state index contributed by atoms with van der Waals surface area (Å²) in [4.78, 5) is 0. The molecule has 1 aromatic heterocycles. The van der Waals surface area contributed by atoms with Gasteiger partial charge in [-0.1, -0.05) is 0 Å². The topological polar surface area (TPSA) is 41.9 Å². The summed E-state index contributed by atoms with van der Waals surface area (Å²) in [6.07, 6.45) is 3.14. The zero-order valence-electron chi connectivity index (χ0n) is 17.6. The van der Waals surface area contributed by atoms with Crippen LogP contribution >= 0.6 is 0 Å². The van der Waals surface area contributed by atoms with Gasteiger partial charge in [-0.3, -0.25) is 0 Å². The van der Waals surface area contributed by atoms with Crippen molar-refractivity contribution in [2.45, 2.75) is 59.5 Å². The quantitative estimate of drug-likeness (QED) is 0.720. The Balaban J connectivity index is 1.89. The molecule has 0 saturated heterocycles. The van der Waals surface area contributed by atoms with Gasteiger partial charge in [0.1, 0.15) is 0 Å². The SMILES string of the molecule is CCOC1(C)OC(C)=Cc2c1cc1n2CCc2cc(OC)c(OC(C)C)cc2-1. The molecular formula is C23H29NO4. The molecule has 4 rings (SSSR count). The minimum atomic E-state index is -0.767. The molecule has 150 valence electrons. The van der Waals surface area contributed by atoms with Crippen LogP contribution in [0.4, 0.5) is 0 Å². The lowest BCUT2D eigenvalue weighted by atomic mass is 9.97. The number of benzene rings is 1. The molecule has 2 aliphatic heterocycles. The van der Waals surface area contributed by atoms with Crippen LogP contribution < -0.4 is 9.47 Å². The van der Waals surface area contributed by atoms with Crippen LogP contribution in [0.3, 0.4) is 0 Å². The zero-order chi connectivity index (χ0) is 20.1. The average molecular weight is 383 g/mol. The highest BCUT2D eigenvalue weighted by atomic mass is 16.7. The summed E-state index contributed by atoms with van der Waals surface area (Å²) in [5, 5.41) is 0. The summed E-state index contributed by atoms with van der Waals surface area (Å²) in [5.74, 6) is 1.67. The van der Waals surface area contributed by atoms with Crippen LogP contribution in [0.5, 0.6) is 11.5 Å². The number of methoxy groups -OCH3 is 1. The van der Waals surface area contributed by atoms with Crippen molar-refractivity contribution in [3.63, 3.8) is 0 Å². The summed E-state index contributed by atoms with van der Waals surface area (Å²) in [5.41, 5.74) is 5.87. The van der Waals surface area contributed by atoms with Crippen molar-refractivity contribution in [1.29, 1.82) is 0 Å². The molecule has 0 saturated carbocycles. The molecule has 0 amide bonds. The molecule has 1 atom stereocenters. The highest BCUT2D eigenvalue weighted by molar-refractivity contribution is 5.75. The van der Waals surface area contributed by atoms with Crippen LogP contribution in [0.15, 0.2) is 24.0 Å². The van der Waals surface area contributed by atoms with Crippen molar-refractivity contribution in [1.82, 2.24) is 4.57 Å². The number of nitrogens with zero attached hydrogens (tertiary/aromatic N) is 1. The molecule has 0 N–H and O–H groups in total. The molecule has 5 heteroatoms. The summed E-state index contributed by atoms with van der Waals surface area (Å²) >= 11 is 0. The first-order valence-corrected chi connectivity index (χ1v) is 9.99. The van der Waals surface area contributed by atoms with E-state index in [0.29, 0.717) is 6.61 Å². The smallest absolute Gasteiger partial charge is 0.236 e. The lowest BCUT2D eigenvalue weighted by molar-refractivity contribution is -0.210. The van der Waals surface area contributed by atoms with Gasteiger partial charge in [-0.05, 0) is 64.0 Å². The predicted octanol–water partition coefficient (Wildman–Crippen LogP) is 5.11. The molecule has 2 aliphatic rings. The molecule has 0 aliphatic carbocycles. The second-order valence-corrected chi connectivity index (χ2v) is 7.79. The van der Waals surface area contributed by atoms with E-state index >= 15 is 0 Å². The number of aromatic nitrogens is 1. The summed E-state index contributed by atoms with van der Waals surface area (Å²) in [7, 11) is 1.69. The van der Waals surface area contributed by atoms with Crippen molar-refractivity contribution in [2.75, 3.05) is 13.7 Å². The Morgan fingerprint density at radius 3 is 2.68 bits per heavy atom. The maximum Gasteiger partial charge on any atom is 0.236 e. The average Bonchev–Trinajstić information content (AvgIpc) is 3.00. The van der Waals surface area contributed by atoms with E-state index in [2.05, 4.69) is 28.8 Å². The van der Waals surface area contributed by atoms with E-state index in [0.717, 1.165) is 35.8 Å². The van der Waals surface area contributed by atoms with Gasteiger partial charge >= 0.3 is 0 Å². The van der Waals surface area contributed by atoms with Gasteiger partial charge in [0, 0.05) is 36.9 Å². The molecule has 0 bridgehead atoms. The Kier molecular flexibility index (Phi) is 4.66. The summed E-state index contributed by atoms with van der Waals surface area (Å²) in [6.45, 7) is 11.5. The van der Waals surface area contributed by atoms with E-state index in [4.69, 9.17) is 18.9 Å². The number of ether oxygens (including phenoxy) is 4. The van der Waals surface area contributed by atoms with E-state index in [9.17, 15) is 0 Å². The molecule has 3 heterocycles. The van der Waals surface area contributed by atoms with Gasteiger partial charge < -0.3 is 23.5 Å². The molecule has 1 unspecified atom stereocenters. The van der Waals surface area contributed by atoms with Crippen LogP contribution in [0, 0.1) is 0 Å². The first kappa shape index (κ1) is 18.9. The van der Waals surface area contributed by atoms with E-state index in [-0.39, 0.29) is 6.10 Å². The van der Waals surface area contributed by atoms with E-state index in [1.165, 1.54) is 22.5 Å².